The van der Waals surface area contributed by atoms with Gasteiger partial charge in [0, 0.05) is 31.7 Å². The normalized spacial score (nSPS) is 24.8. The highest BCUT2D eigenvalue weighted by atomic mass is 16.5. The molecule has 1 unspecified atom stereocenters. The molecule has 2 heterocycles. The van der Waals surface area contributed by atoms with E-state index in [9.17, 15) is 0 Å². The van der Waals surface area contributed by atoms with Crippen LogP contribution in [0.25, 0.3) is 0 Å². The Labute approximate surface area is 77.9 Å². The van der Waals surface area contributed by atoms with E-state index in [1.807, 2.05) is 6.07 Å². The third kappa shape index (κ3) is 2.08. The van der Waals surface area contributed by atoms with Crippen molar-refractivity contribution in [3.8, 4) is 0 Å². The molecule has 72 valence electrons. The predicted molar refractivity (Wildman–Crippen MR) is 49.2 cm³/mol. The third-order valence-corrected chi connectivity index (χ3v) is 2.49. The lowest BCUT2D eigenvalue weighted by atomic mass is 10.2. The van der Waals surface area contributed by atoms with Crippen LogP contribution in [-0.2, 0) is 6.54 Å². The Hall–Kier alpha value is -0.870. The molecule has 1 fully saturated rings. The summed E-state index contributed by atoms with van der Waals surface area (Å²) in [5.74, 6) is 0.953. The van der Waals surface area contributed by atoms with Gasteiger partial charge in [0.25, 0.3) is 0 Å². The van der Waals surface area contributed by atoms with Crippen LogP contribution in [-0.4, -0.2) is 35.7 Å². The molecule has 0 spiro atoms. The van der Waals surface area contributed by atoms with Crippen LogP contribution in [0.1, 0.15) is 12.7 Å². The van der Waals surface area contributed by atoms with Gasteiger partial charge in [-0.3, -0.25) is 4.90 Å². The monoisotopic (exact) mass is 181 g/mol. The zero-order valence-electron chi connectivity index (χ0n) is 7.86. The quantitative estimate of drug-likeness (QED) is 0.720. The van der Waals surface area contributed by atoms with Crippen LogP contribution >= 0.6 is 0 Å². The maximum atomic E-state index is 5.07. The Bertz CT molecular complexity index is 247. The fraction of sp³-hybridized carbons (Fsp3) is 0.667. The molecule has 4 heteroatoms. The third-order valence-electron chi connectivity index (χ3n) is 2.49. The molecule has 0 bridgehead atoms. The topological polar surface area (TPSA) is 41.3 Å². The molecule has 0 radical (unpaired) electrons. The zero-order chi connectivity index (χ0) is 9.10. The standard InChI is InChI=1S/C9H15N3O/c1-8-6-10-4-5-12(8)7-9-2-3-11-13-9/h2-3,8,10H,4-7H2,1H3. The minimum atomic E-state index is 0.582. The number of rotatable bonds is 2. The van der Waals surface area contributed by atoms with E-state index < -0.39 is 0 Å². The van der Waals surface area contributed by atoms with Gasteiger partial charge in [-0.2, -0.15) is 0 Å². The van der Waals surface area contributed by atoms with E-state index in [1.54, 1.807) is 6.20 Å². The maximum Gasteiger partial charge on any atom is 0.150 e. The lowest BCUT2D eigenvalue weighted by Gasteiger charge is -2.32. The Morgan fingerprint density at radius 3 is 3.38 bits per heavy atom. The molecule has 0 aliphatic carbocycles. The molecular formula is C9H15N3O. The van der Waals surface area contributed by atoms with Gasteiger partial charge in [-0.1, -0.05) is 5.16 Å². The van der Waals surface area contributed by atoms with Gasteiger partial charge in [0.15, 0.2) is 5.76 Å². The van der Waals surface area contributed by atoms with Gasteiger partial charge in [0.2, 0.25) is 0 Å². The summed E-state index contributed by atoms with van der Waals surface area (Å²) in [5, 5.41) is 7.05. The van der Waals surface area contributed by atoms with Crippen molar-refractivity contribution in [1.29, 1.82) is 0 Å². The second kappa shape index (κ2) is 3.89. The summed E-state index contributed by atoms with van der Waals surface area (Å²) in [6.45, 7) is 6.32. The van der Waals surface area contributed by atoms with Gasteiger partial charge < -0.3 is 9.84 Å². The number of hydrogen-bond acceptors (Lipinski definition) is 4. The van der Waals surface area contributed by atoms with Crippen molar-refractivity contribution in [3.05, 3.63) is 18.0 Å². The molecule has 1 aliphatic rings. The summed E-state index contributed by atoms with van der Waals surface area (Å²) in [4.78, 5) is 2.40. The zero-order valence-corrected chi connectivity index (χ0v) is 7.86. The van der Waals surface area contributed by atoms with Crippen molar-refractivity contribution in [1.82, 2.24) is 15.4 Å². The van der Waals surface area contributed by atoms with Crippen LogP contribution in [0.4, 0.5) is 0 Å². The first-order chi connectivity index (χ1) is 6.36. The molecule has 0 amide bonds. The van der Waals surface area contributed by atoms with Crippen LogP contribution in [0.15, 0.2) is 16.8 Å². The Morgan fingerprint density at radius 1 is 1.77 bits per heavy atom. The minimum Gasteiger partial charge on any atom is -0.360 e. The Morgan fingerprint density at radius 2 is 2.69 bits per heavy atom. The van der Waals surface area contributed by atoms with E-state index in [1.165, 1.54) is 0 Å². The van der Waals surface area contributed by atoms with Crippen molar-refractivity contribution in [2.75, 3.05) is 19.6 Å². The molecule has 0 saturated carbocycles. The number of aromatic nitrogens is 1. The average molecular weight is 181 g/mol. The van der Waals surface area contributed by atoms with Gasteiger partial charge in [0.05, 0.1) is 12.7 Å². The van der Waals surface area contributed by atoms with E-state index >= 15 is 0 Å². The first-order valence-corrected chi connectivity index (χ1v) is 4.70. The maximum absolute atomic E-state index is 5.07. The average Bonchev–Trinajstić information content (AvgIpc) is 2.61. The van der Waals surface area contributed by atoms with E-state index in [2.05, 4.69) is 22.3 Å². The van der Waals surface area contributed by atoms with Crippen molar-refractivity contribution in [2.45, 2.75) is 19.5 Å². The summed E-state index contributed by atoms with van der Waals surface area (Å²) < 4.78 is 5.07. The molecule has 0 aromatic carbocycles. The lowest BCUT2D eigenvalue weighted by molar-refractivity contribution is 0.149. The predicted octanol–water partition coefficient (Wildman–Crippen LogP) is 0.468. The fourth-order valence-electron chi connectivity index (χ4n) is 1.64. The van der Waals surface area contributed by atoms with Crippen LogP contribution in [0, 0.1) is 0 Å². The summed E-state index contributed by atoms with van der Waals surface area (Å²) in [6.07, 6.45) is 1.70. The summed E-state index contributed by atoms with van der Waals surface area (Å²) in [5.41, 5.74) is 0. The summed E-state index contributed by atoms with van der Waals surface area (Å²) >= 11 is 0. The first-order valence-electron chi connectivity index (χ1n) is 4.70. The van der Waals surface area contributed by atoms with E-state index in [0.717, 1.165) is 31.9 Å². The van der Waals surface area contributed by atoms with Gasteiger partial charge in [-0.05, 0) is 6.92 Å². The molecule has 1 atom stereocenters. The highest BCUT2D eigenvalue weighted by molar-refractivity contribution is 4.94. The molecule has 1 aromatic heterocycles. The largest absolute Gasteiger partial charge is 0.360 e. The van der Waals surface area contributed by atoms with Crippen LogP contribution < -0.4 is 5.32 Å². The molecule has 2 rings (SSSR count). The van der Waals surface area contributed by atoms with Crippen LogP contribution in [0.5, 0.6) is 0 Å². The molecule has 1 aromatic rings. The van der Waals surface area contributed by atoms with E-state index in [-0.39, 0.29) is 0 Å². The highest BCUT2D eigenvalue weighted by Crippen LogP contribution is 2.08. The molecule has 4 nitrogen and oxygen atoms in total. The smallest absolute Gasteiger partial charge is 0.150 e. The molecule has 1 saturated heterocycles. The lowest BCUT2D eigenvalue weighted by Crippen LogP contribution is -2.49. The number of nitrogens with one attached hydrogen (secondary N) is 1. The van der Waals surface area contributed by atoms with Crippen LogP contribution in [0.3, 0.4) is 0 Å². The van der Waals surface area contributed by atoms with Crippen LogP contribution in [0.2, 0.25) is 0 Å². The summed E-state index contributed by atoms with van der Waals surface area (Å²) in [7, 11) is 0. The second-order valence-electron chi connectivity index (χ2n) is 3.50. The Kier molecular flexibility index (Phi) is 2.61. The molecule has 13 heavy (non-hydrogen) atoms. The van der Waals surface area contributed by atoms with Crippen molar-refractivity contribution in [2.24, 2.45) is 0 Å². The molecule has 1 aliphatic heterocycles. The highest BCUT2D eigenvalue weighted by Gasteiger charge is 2.18. The number of nitrogens with zero attached hydrogens (tertiary/aromatic N) is 2. The van der Waals surface area contributed by atoms with Gasteiger partial charge in [-0.25, -0.2) is 0 Å². The number of piperazine rings is 1. The molecular weight excluding hydrogens is 166 g/mol. The van der Waals surface area contributed by atoms with Crippen molar-refractivity contribution in [3.63, 3.8) is 0 Å². The SMILES string of the molecule is CC1CNCCN1Cc1ccno1. The minimum absolute atomic E-state index is 0.582. The van der Waals surface area contributed by atoms with E-state index in [0.29, 0.717) is 6.04 Å². The van der Waals surface area contributed by atoms with Crippen molar-refractivity contribution < 1.29 is 4.52 Å². The second-order valence-corrected chi connectivity index (χ2v) is 3.50. The van der Waals surface area contributed by atoms with Gasteiger partial charge in [0.1, 0.15) is 0 Å². The summed E-state index contributed by atoms with van der Waals surface area (Å²) in [6, 6.07) is 2.51. The van der Waals surface area contributed by atoms with Gasteiger partial charge in [-0.15, -0.1) is 0 Å². The Balaban J connectivity index is 1.93. The number of hydrogen-bond donors (Lipinski definition) is 1. The molecule has 1 N–H and O–H groups in total. The van der Waals surface area contributed by atoms with Gasteiger partial charge >= 0.3 is 0 Å². The van der Waals surface area contributed by atoms with Crippen molar-refractivity contribution >= 4 is 0 Å². The fourth-order valence-corrected chi connectivity index (χ4v) is 1.64. The first kappa shape index (κ1) is 8.72. The van der Waals surface area contributed by atoms with E-state index in [4.69, 9.17) is 4.52 Å².